The molecule has 2 nitrogen and oxygen atoms in total. The molecule has 0 bridgehead atoms. The van der Waals surface area contributed by atoms with Crippen LogP contribution in [0, 0.1) is 6.92 Å². The Labute approximate surface area is 120 Å². The van der Waals surface area contributed by atoms with E-state index in [1.165, 1.54) is 5.56 Å². The van der Waals surface area contributed by atoms with Crippen LogP contribution in [0.3, 0.4) is 0 Å². The van der Waals surface area contributed by atoms with E-state index in [9.17, 15) is 0 Å². The van der Waals surface area contributed by atoms with Gasteiger partial charge in [-0.3, -0.25) is 0 Å². The van der Waals surface area contributed by atoms with E-state index in [4.69, 9.17) is 5.73 Å². The lowest BCUT2D eigenvalue weighted by molar-refractivity contribution is 0.411. The molecule has 0 amide bonds. The molecule has 1 aromatic carbocycles. The molecule has 0 radical (unpaired) electrons. The Morgan fingerprint density at radius 2 is 1.65 bits per heavy atom. The molecule has 0 heterocycles. The van der Waals surface area contributed by atoms with Gasteiger partial charge in [0.2, 0.25) is 0 Å². The summed E-state index contributed by atoms with van der Waals surface area (Å²) in [6, 6.07) is 5.23. The lowest BCUT2D eigenvalue weighted by Gasteiger charge is -2.28. The summed E-state index contributed by atoms with van der Waals surface area (Å²) in [6.45, 7) is 2.10. The van der Waals surface area contributed by atoms with Gasteiger partial charge in [0.1, 0.15) is 0 Å². The molecule has 1 aliphatic rings. The van der Waals surface area contributed by atoms with E-state index < -0.39 is 0 Å². The SMILES string of the molecule is Cc1cc(Br)c(NC2CCC(N)CC2)c(Br)c1. The Morgan fingerprint density at radius 1 is 1.12 bits per heavy atom. The number of halogens is 2. The molecular formula is C13H18Br2N2. The molecule has 0 spiro atoms. The monoisotopic (exact) mass is 360 g/mol. The fourth-order valence-electron chi connectivity index (χ4n) is 2.31. The van der Waals surface area contributed by atoms with Gasteiger partial charge in [0.05, 0.1) is 5.69 Å². The molecule has 1 fully saturated rings. The minimum Gasteiger partial charge on any atom is -0.380 e. The lowest BCUT2D eigenvalue weighted by atomic mass is 9.91. The smallest absolute Gasteiger partial charge is 0.0631 e. The highest BCUT2D eigenvalue weighted by atomic mass is 79.9. The van der Waals surface area contributed by atoms with E-state index >= 15 is 0 Å². The number of aryl methyl sites for hydroxylation is 1. The first-order chi connectivity index (χ1) is 8.06. The Bertz CT molecular complexity index is 375. The van der Waals surface area contributed by atoms with Gasteiger partial charge in [-0.05, 0) is 82.2 Å². The molecule has 3 N–H and O–H groups in total. The van der Waals surface area contributed by atoms with Crippen molar-refractivity contribution >= 4 is 37.5 Å². The molecule has 0 unspecified atom stereocenters. The topological polar surface area (TPSA) is 38.0 Å². The number of nitrogens with two attached hydrogens (primary N) is 1. The van der Waals surface area contributed by atoms with Crippen molar-refractivity contribution in [3.8, 4) is 0 Å². The van der Waals surface area contributed by atoms with Crippen molar-refractivity contribution in [3.63, 3.8) is 0 Å². The van der Waals surface area contributed by atoms with Crippen molar-refractivity contribution in [1.29, 1.82) is 0 Å². The maximum atomic E-state index is 5.92. The van der Waals surface area contributed by atoms with E-state index in [0.29, 0.717) is 12.1 Å². The van der Waals surface area contributed by atoms with E-state index in [0.717, 1.165) is 40.3 Å². The number of hydrogen-bond donors (Lipinski definition) is 2. The number of anilines is 1. The first kappa shape index (κ1) is 13.4. The van der Waals surface area contributed by atoms with Crippen LogP contribution in [0.25, 0.3) is 0 Å². The molecule has 0 saturated heterocycles. The van der Waals surface area contributed by atoms with Gasteiger partial charge in [-0.15, -0.1) is 0 Å². The normalized spacial score (nSPS) is 24.7. The van der Waals surface area contributed by atoms with Crippen LogP contribution < -0.4 is 11.1 Å². The third kappa shape index (κ3) is 3.46. The van der Waals surface area contributed by atoms with Gasteiger partial charge < -0.3 is 11.1 Å². The molecule has 2 rings (SSSR count). The zero-order valence-corrected chi connectivity index (χ0v) is 13.1. The molecule has 1 saturated carbocycles. The van der Waals surface area contributed by atoms with Crippen LogP contribution in [0.15, 0.2) is 21.1 Å². The van der Waals surface area contributed by atoms with E-state index in [-0.39, 0.29) is 0 Å². The van der Waals surface area contributed by atoms with Crippen molar-refractivity contribution in [2.24, 2.45) is 5.73 Å². The Hall–Kier alpha value is -0.0600. The van der Waals surface area contributed by atoms with E-state index in [2.05, 4.69) is 56.2 Å². The van der Waals surface area contributed by atoms with Crippen molar-refractivity contribution in [3.05, 3.63) is 26.6 Å². The summed E-state index contributed by atoms with van der Waals surface area (Å²) in [6.07, 6.45) is 4.57. The highest BCUT2D eigenvalue weighted by molar-refractivity contribution is 9.11. The average Bonchev–Trinajstić information content (AvgIpc) is 2.26. The summed E-state index contributed by atoms with van der Waals surface area (Å²) < 4.78 is 2.25. The molecule has 1 aromatic rings. The van der Waals surface area contributed by atoms with Crippen LogP contribution in [0.4, 0.5) is 5.69 Å². The summed E-state index contributed by atoms with van der Waals surface area (Å²) >= 11 is 7.24. The average molecular weight is 362 g/mol. The first-order valence-corrected chi connectivity index (χ1v) is 7.62. The predicted molar refractivity (Wildman–Crippen MR) is 80.4 cm³/mol. The van der Waals surface area contributed by atoms with Crippen molar-refractivity contribution in [1.82, 2.24) is 0 Å². The van der Waals surface area contributed by atoms with E-state index in [1.54, 1.807) is 0 Å². The van der Waals surface area contributed by atoms with Crippen LogP contribution in [-0.4, -0.2) is 12.1 Å². The zero-order chi connectivity index (χ0) is 12.4. The number of nitrogens with one attached hydrogen (secondary N) is 1. The zero-order valence-electron chi connectivity index (χ0n) is 9.97. The predicted octanol–water partition coefficient (Wildman–Crippen LogP) is 4.20. The Morgan fingerprint density at radius 3 is 2.18 bits per heavy atom. The van der Waals surface area contributed by atoms with Gasteiger partial charge in [0.25, 0.3) is 0 Å². The van der Waals surface area contributed by atoms with Crippen molar-refractivity contribution < 1.29 is 0 Å². The van der Waals surface area contributed by atoms with Crippen LogP contribution in [0.5, 0.6) is 0 Å². The van der Waals surface area contributed by atoms with Crippen LogP contribution in [0.1, 0.15) is 31.2 Å². The molecule has 17 heavy (non-hydrogen) atoms. The third-order valence-electron chi connectivity index (χ3n) is 3.31. The van der Waals surface area contributed by atoms with Crippen molar-refractivity contribution in [2.45, 2.75) is 44.7 Å². The van der Waals surface area contributed by atoms with Crippen LogP contribution in [-0.2, 0) is 0 Å². The van der Waals surface area contributed by atoms with Crippen LogP contribution in [0.2, 0.25) is 0 Å². The highest BCUT2D eigenvalue weighted by Crippen LogP contribution is 2.34. The van der Waals surface area contributed by atoms with Gasteiger partial charge in [0, 0.05) is 21.0 Å². The van der Waals surface area contributed by atoms with Gasteiger partial charge in [0.15, 0.2) is 0 Å². The third-order valence-corrected chi connectivity index (χ3v) is 4.56. The van der Waals surface area contributed by atoms with Gasteiger partial charge >= 0.3 is 0 Å². The minimum absolute atomic E-state index is 0.401. The van der Waals surface area contributed by atoms with Gasteiger partial charge in [-0.1, -0.05) is 0 Å². The molecule has 0 aromatic heterocycles. The molecule has 0 aliphatic heterocycles. The fourth-order valence-corrected chi connectivity index (χ4v) is 3.95. The molecule has 1 aliphatic carbocycles. The maximum absolute atomic E-state index is 5.92. The summed E-state index contributed by atoms with van der Waals surface area (Å²) in [7, 11) is 0. The fraction of sp³-hybridized carbons (Fsp3) is 0.538. The minimum atomic E-state index is 0.401. The molecule has 4 heteroatoms. The highest BCUT2D eigenvalue weighted by Gasteiger charge is 2.19. The largest absolute Gasteiger partial charge is 0.380 e. The quantitative estimate of drug-likeness (QED) is 0.828. The summed E-state index contributed by atoms with van der Waals surface area (Å²) in [5.74, 6) is 0. The second-order valence-corrected chi connectivity index (χ2v) is 6.57. The lowest BCUT2D eigenvalue weighted by Crippen LogP contribution is -2.32. The number of rotatable bonds is 2. The van der Waals surface area contributed by atoms with E-state index in [1.807, 2.05) is 0 Å². The first-order valence-electron chi connectivity index (χ1n) is 6.04. The molecule has 94 valence electrons. The molecule has 0 atom stereocenters. The Balaban J connectivity index is 2.08. The van der Waals surface area contributed by atoms with Gasteiger partial charge in [-0.25, -0.2) is 0 Å². The summed E-state index contributed by atoms with van der Waals surface area (Å²) in [5, 5.41) is 3.62. The van der Waals surface area contributed by atoms with Crippen molar-refractivity contribution in [2.75, 3.05) is 5.32 Å². The Kier molecular flexibility index (Phi) is 4.50. The second-order valence-electron chi connectivity index (χ2n) is 4.86. The number of benzene rings is 1. The number of hydrogen-bond acceptors (Lipinski definition) is 2. The standard InChI is InChI=1S/C13H18Br2N2/c1-8-6-11(14)13(12(15)7-8)17-10-4-2-9(16)3-5-10/h6-7,9-10,17H,2-5,16H2,1H3. The maximum Gasteiger partial charge on any atom is 0.0631 e. The molecular weight excluding hydrogens is 344 g/mol. The summed E-state index contributed by atoms with van der Waals surface area (Å²) in [5.41, 5.74) is 8.34. The second kappa shape index (κ2) is 5.72. The summed E-state index contributed by atoms with van der Waals surface area (Å²) in [4.78, 5) is 0. The van der Waals surface area contributed by atoms with Gasteiger partial charge in [-0.2, -0.15) is 0 Å². The van der Waals surface area contributed by atoms with Crippen LogP contribution >= 0.6 is 31.9 Å².